The largest absolute Gasteiger partial charge is 0.379 e. The van der Waals surface area contributed by atoms with Crippen molar-refractivity contribution < 1.29 is 14.3 Å². The minimum atomic E-state index is -0.395. The van der Waals surface area contributed by atoms with Crippen LogP contribution in [-0.4, -0.2) is 54.7 Å². The molecule has 0 spiro atoms. The van der Waals surface area contributed by atoms with E-state index < -0.39 is 6.03 Å². The first-order valence-electron chi connectivity index (χ1n) is 12.1. The van der Waals surface area contributed by atoms with Crippen molar-refractivity contribution in [1.82, 2.24) is 15.2 Å². The predicted octanol–water partition coefficient (Wildman–Crippen LogP) is 3.92. The second kappa shape index (κ2) is 12.5. The van der Waals surface area contributed by atoms with Gasteiger partial charge in [0.1, 0.15) is 5.82 Å². The minimum absolute atomic E-state index is 0.283. The van der Waals surface area contributed by atoms with Crippen LogP contribution in [0.25, 0.3) is 0 Å². The van der Waals surface area contributed by atoms with Gasteiger partial charge >= 0.3 is 6.03 Å². The Kier molecular flexibility index (Phi) is 8.65. The minimum Gasteiger partial charge on any atom is -0.379 e. The molecule has 190 valence electrons. The molecule has 2 aromatic carbocycles. The van der Waals surface area contributed by atoms with Crippen LogP contribution in [0.2, 0.25) is 0 Å². The number of ether oxygens (including phenoxy) is 1. The van der Waals surface area contributed by atoms with Crippen molar-refractivity contribution in [2.45, 2.75) is 13.5 Å². The van der Waals surface area contributed by atoms with Crippen LogP contribution in [0.15, 0.2) is 60.8 Å². The summed E-state index contributed by atoms with van der Waals surface area (Å²) in [7, 11) is 0. The summed E-state index contributed by atoms with van der Waals surface area (Å²) in [6, 6.07) is 17.9. The number of nitrogens with zero attached hydrogens (tertiary/aromatic N) is 3. The molecule has 0 saturated carbocycles. The molecule has 1 fully saturated rings. The maximum absolute atomic E-state index is 13.2. The van der Waals surface area contributed by atoms with Crippen LogP contribution < -0.4 is 21.3 Å². The first-order valence-corrected chi connectivity index (χ1v) is 12.1. The zero-order valence-corrected chi connectivity index (χ0v) is 20.6. The van der Waals surface area contributed by atoms with Gasteiger partial charge in [0, 0.05) is 49.8 Å². The third-order valence-electron chi connectivity index (χ3n) is 5.74. The number of nitrogens with one attached hydrogen (secondary N) is 4. The van der Waals surface area contributed by atoms with Crippen molar-refractivity contribution in [2.24, 2.45) is 0 Å². The molecule has 37 heavy (non-hydrogen) atoms. The van der Waals surface area contributed by atoms with Crippen molar-refractivity contribution >= 4 is 34.8 Å². The molecule has 0 unspecified atom stereocenters. The number of benzene rings is 2. The lowest BCUT2D eigenvalue weighted by molar-refractivity contribution is 0.0342. The van der Waals surface area contributed by atoms with Crippen molar-refractivity contribution in [3.8, 4) is 6.07 Å². The first kappa shape index (κ1) is 25.6. The fourth-order valence-electron chi connectivity index (χ4n) is 3.82. The van der Waals surface area contributed by atoms with E-state index in [9.17, 15) is 9.59 Å². The number of hydrogen-bond acceptors (Lipinski definition) is 7. The molecule has 4 N–H and O–H groups in total. The van der Waals surface area contributed by atoms with Crippen LogP contribution in [0.5, 0.6) is 0 Å². The predicted molar refractivity (Wildman–Crippen MR) is 142 cm³/mol. The Morgan fingerprint density at radius 3 is 2.41 bits per heavy atom. The maximum Gasteiger partial charge on any atom is 0.320 e. The fraction of sp³-hybridized carbons (Fsp3) is 0.259. The Balaban J connectivity index is 1.50. The van der Waals surface area contributed by atoms with Crippen LogP contribution in [0.3, 0.4) is 0 Å². The quantitative estimate of drug-likeness (QED) is 0.369. The monoisotopic (exact) mass is 499 g/mol. The van der Waals surface area contributed by atoms with Gasteiger partial charge < -0.3 is 20.7 Å². The number of hydrogen-bond donors (Lipinski definition) is 4. The highest BCUT2D eigenvalue weighted by atomic mass is 16.5. The van der Waals surface area contributed by atoms with Gasteiger partial charge in [-0.05, 0) is 48.9 Å². The van der Waals surface area contributed by atoms with Gasteiger partial charge in [0.2, 0.25) is 0 Å². The number of urea groups is 1. The second-order valence-corrected chi connectivity index (χ2v) is 8.45. The zero-order valence-electron chi connectivity index (χ0n) is 20.6. The van der Waals surface area contributed by atoms with Gasteiger partial charge in [-0.2, -0.15) is 5.26 Å². The third kappa shape index (κ3) is 7.27. The number of amides is 3. The highest BCUT2D eigenvalue weighted by molar-refractivity contribution is 6.08. The Morgan fingerprint density at radius 1 is 1.03 bits per heavy atom. The SMILES string of the molecule is CCNC(=O)Nc1cc(Nc2ccc(C#N)cc2)c(C(=O)Nc2ccc(CN3CCOCC3)cc2)cn1. The summed E-state index contributed by atoms with van der Waals surface area (Å²) in [4.78, 5) is 31.7. The van der Waals surface area contributed by atoms with Crippen molar-refractivity contribution in [3.05, 3.63) is 77.5 Å². The van der Waals surface area contributed by atoms with Crippen LogP contribution >= 0.6 is 0 Å². The number of anilines is 4. The van der Waals surface area contributed by atoms with Gasteiger partial charge in [0.15, 0.2) is 0 Å². The standard InChI is InChI=1S/C27H29N7O3/c1-2-29-27(36)33-25-15-24(31-21-7-3-19(16-28)4-8-21)23(17-30-25)26(35)32-22-9-5-20(6-10-22)18-34-11-13-37-14-12-34/h3-10,15,17H,2,11-14,18H2,1H3,(H,32,35)(H3,29,30,31,33,36). The number of morpholine rings is 1. The number of pyridine rings is 1. The van der Waals surface area contributed by atoms with Gasteiger partial charge in [-0.1, -0.05) is 12.1 Å². The molecule has 10 nitrogen and oxygen atoms in total. The Bertz CT molecular complexity index is 1260. The van der Waals surface area contributed by atoms with E-state index in [0.29, 0.717) is 34.7 Å². The number of rotatable bonds is 8. The molecule has 1 aromatic heterocycles. The summed E-state index contributed by atoms with van der Waals surface area (Å²) in [5.74, 6) is -0.0692. The summed E-state index contributed by atoms with van der Waals surface area (Å²) in [5.41, 5.74) is 3.76. The molecular weight excluding hydrogens is 470 g/mol. The van der Waals surface area contributed by atoms with Gasteiger partial charge in [0.25, 0.3) is 5.91 Å². The van der Waals surface area contributed by atoms with Crippen LogP contribution in [-0.2, 0) is 11.3 Å². The zero-order chi connectivity index (χ0) is 26.0. The van der Waals surface area contributed by atoms with Crippen molar-refractivity contribution in [3.63, 3.8) is 0 Å². The fourth-order valence-corrected chi connectivity index (χ4v) is 3.82. The lowest BCUT2D eigenvalue weighted by Gasteiger charge is -2.26. The molecule has 10 heteroatoms. The van der Waals surface area contributed by atoms with Crippen molar-refractivity contribution in [2.75, 3.05) is 48.8 Å². The number of carbonyl (C=O) groups is 2. The van der Waals surface area contributed by atoms with Gasteiger partial charge in [-0.15, -0.1) is 0 Å². The summed E-state index contributed by atoms with van der Waals surface area (Å²) in [6.45, 7) is 6.43. The lowest BCUT2D eigenvalue weighted by Crippen LogP contribution is -2.35. The smallest absolute Gasteiger partial charge is 0.320 e. The topological polar surface area (TPSA) is 131 Å². The van der Waals surface area contributed by atoms with Crippen molar-refractivity contribution in [1.29, 1.82) is 5.26 Å². The van der Waals surface area contributed by atoms with E-state index in [1.54, 1.807) is 30.3 Å². The molecule has 0 radical (unpaired) electrons. The second-order valence-electron chi connectivity index (χ2n) is 8.45. The van der Waals surface area contributed by atoms with E-state index in [0.717, 1.165) is 38.4 Å². The molecule has 4 rings (SSSR count). The molecule has 3 aromatic rings. The summed E-state index contributed by atoms with van der Waals surface area (Å²) in [5, 5.41) is 20.5. The average Bonchev–Trinajstić information content (AvgIpc) is 2.91. The highest BCUT2D eigenvalue weighted by Gasteiger charge is 2.16. The third-order valence-corrected chi connectivity index (χ3v) is 5.74. The molecule has 1 saturated heterocycles. The van der Waals surface area contributed by atoms with Crippen LogP contribution in [0.1, 0.15) is 28.4 Å². The molecular formula is C27H29N7O3. The van der Waals surface area contributed by atoms with E-state index in [-0.39, 0.29) is 11.7 Å². The summed E-state index contributed by atoms with van der Waals surface area (Å²) < 4.78 is 5.40. The van der Waals surface area contributed by atoms with E-state index >= 15 is 0 Å². The average molecular weight is 500 g/mol. The van der Waals surface area contributed by atoms with Crippen LogP contribution in [0.4, 0.5) is 27.7 Å². The Morgan fingerprint density at radius 2 is 1.73 bits per heavy atom. The van der Waals surface area contributed by atoms with E-state index in [4.69, 9.17) is 10.00 Å². The molecule has 0 atom stereocenters. The molecule has 1 aliphatic rings. The van der Waals surface area contributed by atoms with Crippen LogP contribution in [0, 0.1) is 11.3 Å². The highest BCUT2D eigenvalue weighted by Crippen LogP contribution is 2.25. The Hall–Kier alpha value is -4.46. The summed E-state index contributed by atoms with van der Waals surface area (Å²) >= 11 is 0. The Labute approximate surface area is 215 Å². The number of carbonyl (C=O) groups excluding carboxylic acids is 2. The van der Waals surface area contributed by atoms with E-state index in [2.05, 4.69) is 37.2 Å². The molecule has 2 heterocycles. The first-order chi connectivity index (χ1) is 18.0. The van der Waals surface area contributed by atoms with E-state index in [1.165, 1.54) is 6.20 Å². The molecule has 0 aliphatic carbocycles. The molecule has 0 bridgehead atoms. The molecule has 1 aliphatic heterocycles. The lowest BCUT2D eigenvalue weighted by atomic mass is 10.1. The van der Waals surface area contributed by atoms with Gasteiger partial charge in [0.05, 0.1) is 36.1 Å². The van der Waals surface area contributed by atoms with E-state index in [1.807, 2.05) is 31.2 Å². The number of aromatic nitrogens is 1. The normalized spacial score (nSPS) is 13.3. The summed E-state index contributed by atoms with van der Waals surface area (Å²) in [6.07, 6.45) is 1.41. The van der Waals surface area contributed by atoms with Gasteiger partial charge in [-0.25, -0.2) is 9.78 Å². The maximum atomic E-state index is 13.2. The molecule has 3 amide bonds. The van der Waals surface area contributed by atoms with Gasteiger partial charge in [-0.3, -0.25) is 15.0 Å². The number of nitriles is 1.